The zero-order valence-corrected chi connectivity index (χ0v) is 9.69. The Labute approximate surface area is 99.3 Å². The van der Waals surface area contributed by atoms with Gasteiger partial charge >= 0.3 is 0 Å². The molecule has 0 aliphatic carbocycles. The van der Waals surface area contributed by atoms with E-state index in [9.17, 15) is 15.0 Å². The minimum Gasteiger partial charge on any atom is -0.504 e. The van der Waals surface area contributed by atoms with Crippen LogP contribution in [0.4, 0.5) is 0 Å². The lowest BCUT2D eigenvalue weighted by Gasteiger charge is -2.16. The molecule has 1 aromatic carbocycles. The minimum absolute atomic E-state index is 0.0151. The molecule has 0 saturated carbocycles. The Kier molecular flexibility index (Phi) is 3.59. The van der Waals surface area contributed by atoms with Crippen LogP contribution >= 0.6 is 0 Å². The van der Waals surface area contributed by atoms with E-state index in [1.165, 1.54) is 18.2 Å². The lowest BCUT2D eigenvalue weighted by atomic mass is 9.96. The number of hydrogen-bond donors (Lipinski definition) is 3. The van der Waals surface area contributed by atoms with Crippen molar-refractivity contribution in [1.82, 2.24) is 5.32 Å². The molecule has 0 atom stereocenters. The lowest BCUT2D eigenvalue weighted by molar-refractivity contribution is 0.0940. The van der Waals surface area contributed by atoms with Crippen LogP contribution in [0, 0.1) is 16.7 Å². The fraction of sp³-hybridized carbons (Fsp3) is 0.333. The highest BCUT2D eigenvalue weighted by atomic mass is 16.3. The van der Waals surface area contributed by atoms with Crippen LogP contribution in [0.3, 0.4) is 0 Å². The van der Waals surface area contributed by atoms with Crippen LogP contribution in [0.2, 0.25) is 0 Å². The van der Waals surface area contributed by atoms with Crippen molar-refractivity contribution in [2.75, 3.05) is 6.54 Å². The summed E-state index contributed by atoms with van der Waals surface area (Å²) in [4.78, 5) is 11.7. The number of carbonyl (C=O) groups is 1. The molecule has 90 valence electrons. The normalized spacial score (nSPS) is 10.6. The van der Waals surface area contributed by atoms with E-state index in [2.05, 4.69) is 5.32 Å². The van der Waals surface area contributed by atoms with Gasteiger partial charge in [0.1, 0.15) is 0 Å². The topological polar surface area (TPSA) is 93.4 Å². The van der Waals surface area contributed by atoms with Crippen LogP contribution in [0.5, 0.6) is 11.5 Å². The molecule has 0 bridgehead atoms. The summed E-state index contributed by atoms with van der Waals surface area (Å²) in [5.41, 5.74) is -0.694. The molecule has 1 aromatic rings. The highest BCUT2D eigenvalue weighted by molar-refractivity contribution is 5.97. The lowest BCUT2D eigenvalue weighted by Crippen LogP contribution is -2.33. The summed E-state index contributed by atoms with van der Waals surface area (Å²) in [5, 5.41) is 30.0. The number of amides is 1. The maximum atomic E-state index is 11.7. The number of benzene rings is 1. The molecule has 3 N–H and O–H groups in total. The largest absolute Gasteiger partial charge is 0.504 e. The Morgan fingerprint density at radius 1 is 1.47 bits per heavy atom. The highest BCUT2D eigenvalue weighted by Crippen LogP contribution is 2.28. The van der Waals surface area contributed by atoms with Crippen molar-refractivity contribution in [3.63, 3.8) is 0 Å². The molecule has 0 saturated heterocycles. The van der Waals surface area contributed by atoms with E-state index in [-0.39, 0.29) is 17.9 Å². The van der Waals surface area contributed by atoms with E-state index in [0.29, 0.717) is 0 Å². The number of rotatable bonds is 3. The van der Waals surface area contributed by atoms with Gasteiger partial charge in [0.05, 0.1) is 17.0 Å². The summed E-state index contributed by atoms with van der Waals surface area (Å²) in [5.74, 6) is -1.33. The molecule has 0 aromatic heterocycles. The quantitative estimate of drug-likeness (QED) is 0.689. The van der Waals surface area contributed by atoms with Crippen LogP contribution in [-0.4, -0.2) is 22.7 Å². The number of phenols is 2. The second-order valence-corrected chi connectivity index (χ2v) is 4.35. The Hall–Kier alpha value is -2.22. The van der Waals surface area contributed by atoms with E-state index in [4.69, 9.17) is 5.26 Å². The number of nitriles is 1. The molecule has 17 heavy (non-hydrogen) atoms. The predicted molar refractivity (Wildman–Crippen MR) is 61.5 cm³/mol. The van der Waals surface area contributed by atoms with Crippen molar-refractivity contribution in [3.8, 4) is 17.6 Å². The third-order valence-electron chi connectivity index (χ3n) is 2.25. The Morgan fingerprint density at radius 2 is 2.12 bits per heavy atom. The molecule has 5 heteroatoms. The summed E-state index contributed by atoms with van der Waals surface area (Å²) >= 11 is 0. The first-order valence-electron chi connectivity index (χ1n) is 5.08. The smallest absolute Gasteiger partial charge is 0.255 e. The second-order valence-electron chi connectivity index (χ2n) is 4.35. The first kappa shape index (κ1) is 12.8. The molecule has 1 amide bonds. The van der Waals surface area contributed by atoms with Crippen molar-refractivity contribution < 1.29 is 15.0 Å². The van der Waals surface area contributed by atoms with E-state index in [0.717, 1.165) is 0 Å². The molecular formula is C12H14N2O3. The van der Waals surface area contributed by atoms with Crippen LogP contribution in [0.15, 0.2) is 18.2 Å². The van der Waals surface area contributed by atoms with Crippen molar-refractivity contribution >= 4 is 5.91 Å². The molecule has 5 nitrogen and oxygen atoms in total. The van der Waals surface area contributed by atoms with Crippen molar-refractivity contribution in [2.45, 2.75) is 13.8 Å². The zero-order chi connectivity index (χ0) is 13.1. The second kappa shape index (κ2) is 4.74. The van der Waals surface area contributed by atoms with Gasteiger partial charge in [-0.05, 0) is 26.0 Å². The van der Waals surface area contributed by atoms with Crippen LogP contribution in [0.1, 0.15) is 24.2 Å². The third-order valence-corrected chi connectivity index (χ3v) is 2.25. The SMILES string of the molecule is CC(C)(C#N)CNC(=O)c1cccc(O)c1O. The van der Waals surface area contributed by atoms with E-state index >= 15 is 0 Å². The Morgan fingerprint density at radius 3 is 2.71 bits per heavy atom. The standard InChI is InChI=1S/C12H14N2O3/c1-12(2,6-13)7-14-11(17)8-4-3-5-9(15)10(8)16/h3-5,15-16H,7H2,1-2H3,(H,14,17). The number of nitrogens with one attached hydrogen (secondary N) is 1. The number of hydrogen-bond acceptors (Lipinski definition) is 4. The molecule has 0 aliphatic rings. The Balaban J connectivity index is 2.79. The first-order valence-corrected chi connectivity index (χ1v) is 5.08. The van der Waals surface area contributed by atoms with Gasteiger partial charge in [-0.3, -0.25) is 4.79 Å². The van der Waals surface area contributed by atoms with Crippen molar-refractivity contribution in [1.29, 1.82) is 5.26 Å². The van der Waals surface area contributed by atoms with Crippen molar-refractivity contribution in [2.24, 2.45) is 5.41 Å². The van der Waals surface area contributed by atoms with Gasteiger partial charge in [0, 0.05) is 6.54 Å². The van der Waals surface area contributed by atoms with Gasteiger partial charge in [-0.1, -0.05) is 6.07 Å². The van der Waals surface area contributed by atoms with Crippen LogP contribution < -0.4 is 5.32 Å². The maximum Gasteiger partial charge on any atom is 0.255 e. The van der Waals surface area contributed by atoms with E-state index < -0.39 is 17.1 Å². The molecule has 0 heterocycles. The van der Waals surface area contributed by atoms with Gasteiger partial charge < -0.3 is 15.5 Å². The fourth-order valence-electron chi connectivity index (χ4n) is 1.15. The number of carbonyl (C=O) groups excluding carboxylic acids is 1. The molecule has 0 unspecified atom stereocenters. The first-order chi connectivity index (χ1) is 7.87. The fourth-order valence-corrected chi connectivity index (χ4v) is 1.15. The Bertz CT molecular complexity index is 475. The average molecular weight is 234 g/mol. The number of phenolic OH excluding ortho intramolecular Hbond substituents is 2. The molecular weight excluding hydrogens is 220 g/mol. The van der Waals surface area contributed by atoms with Gasteiger partial charge in [0.2, 0.25) is 0 Å². The molecule has 0 radical (unpaired) electrons. The summed E-state index contributed by atoms with van der Waals surface area (Å²) in [6.07, 6.45) is 0. The maximum absolute atomic E-state index is 11.7. The summed E-state index contributed by atoms with van der Waals surface area (Å²) in [6, 6.07) is 6.18. The minimum atomic E-state index is -0.678. The summed E-state index contributed by atoms with van der Waals surface area (Å²) in [6.45, 7) is 3.54. The van der Waals surface area contributed by atoms with Gasteiger partial charge in [0.15, 0.2) is 11.5 Å². The van der Waals surface area contributed by atoms with Gasteiger partial charge in [0.25, 0.3) is 5.91 Å². The number of nitrogens with zero attached hydrogens (tertiary/aromatic N) is 1. The molecule has 0 aliphatic heterocycles. The van der Waals surface area contributed by atoms with Gasteiger partial charge in [-0.15, -0.1) is 0 Å². The third kappa shape index (κ3) is 3.11. The summed E-state index contributed by atoms with van der Waals surface area (Å²) < 4.78 is 0. The van der Waals surface area contributed by atoms with E-state index in [1.54, 1.807) is 13.8 Å². The summed E-state index contributed by atoms with van der Waals surface area (Å²) in [7, 11) is 0. The van der Waals surface area contributed by atoms with Gasteiger partial charge in [-0.2, -0.15) is 5.26 Å². The zero-order valence-electron chi connectivity index (χ0n) is 9.69. The number of para-hydroxylation sites is 1. The highest BCUT2D eigenvalue weighted by Gasteiger charge is 2.20. The molecule has 1 rings (SSSR count). The molecule has 0 fully saturated rings. The predicted octanol–water partition coefficient (Wildman–Crippen LogP) is 1.38. The van der Waals surface area contributed by atoms with Crippen molar-refractivity contribution in [3.05, 3.63) is 23.8 Å². The number of aromatic hydroxyl groups is 2. The van der Waals surface area contributed by atoms with Crippen LogP contribution in [0.25, 0.3) is 0 Å². The van der Waals surface area contributed by atoms with E-state index in [1.807, 2.05) is 6.07 Å². The van der Waals surface area contributed by atoms with Gasteiger partial charge in [-0.25, -0.2) is 0 Å². The average Bonchev–Trinajstić information content (AvgIpc) is 2.30. The monoisotopic (exact) mass is 234 g/mol. The molecule has 0 spiro atoms. The van der Waals surface area contributed by atoms with Crippen LogP contribution in [-0.2, 0) is 0 Å².